The average molecular weight is 874 g/mol. The molecule has 0 aliphatic heterocycles. The highest BCUT2D eigenvalue weighted by Gasteiger charge is 2.45. The number of ether oxygens (including phenoxy) is 1. The van der Waals surface area contributed by atoms with E-state index in [1.165, 1.54) is 25.0 Å². The van der Waals surface area contributed by atoms with E-state index in [1.54, 1.807) is 24.3 Å². The van der Waals surface area contributed by atoms with Crippen LogP contribution in [-0.2, 0) is 10.3 Å². The number of amides is 2. The second-order valence-electron chi connectivity index (χ2n) is 17.6. The van der Waals surface area contributed by atoms with E-state index in [2.05, 4.69) is 46.5 Å². The molecule has 0 saturated heterocycles. The van der Waals surface area contributed by atoms with Crippen LogP contribution in [0.15, 0.2) is 63.1 Å². The molecule has 62 heavy (non-hydrogen) atoms. The Labute approximate surface area is 360 Å². The first-order valence-electron chi connectivity index (χ1n) is 21.4. The fraction of sp³-hybridized carbons (Fsp3) is 0.500. The number of nitrogens with one attached hydrogen (secondary N) is 5. The smallest absolute Gasteiger partial charge is 0.422 e. The number of hydrogen-bond donors (Lipinski definition) is 5. The van der Waals surface area contributed by atoms with Gasteiger partial charge in [0.25, 0.3) is 16.8 Å². The Morgan fingerprint density at radius 1 is 0.887 bits per heavy atom. The Hall–Kier alpha value is -5.58. The molecular weight excluding hydrogens is 827 g/mol. The summed E-state index contributed by atoms with van der Waals surface area (Å²) in [5, 5.41) is 15.8. The van der Waals surface area contributed by atoms with Crippen LogP contribution in [0, 0.1) is 29.6 Å². The van der Waals surface area contributed by atoms with Gasteiger partial charge in [0.15, 0.2) is 6.61 Å². The molecule has 1 heterocycles. The molecule has 4 bridgehead atoms. The summed E-state index contributed by atoms with van der Waals surface area (Å²) in [4.78, 5) is 69.5. The first-order valence-corrected chi connectivity index (χ1v) is 21.7. The average Bonchev–Trinajstić information content (AvgIpc) is 3.65. The van der Waals surface area contributed by atoms with Gasteiger partial charge in [-0.2, -0.15) is 28.1 Å². The van der Waals surface area contributed by atoms with Crippen LogP contribution >= 0.6 is 11.6 Å². The van der Waals surface area contributed by atoms with Crippen molar-refractivity contribution in [2.45, 2.75) is 94.4 Å². The fourth-order valence-corrected chi connectivity index (χ4v) is 10.1. The number of carbonyl (C=O) groups is 2. The second kappa shape index (κ2) is 16.9. The van der Waals surface area contributed by atoms with E-state index in [4.69, 9.17) is 16.3 Å². The summed E-state index contributed by atoms with van der Waals surface area (Å²) in [7, 11) is 0. The number of benzene rings is 2. The van der Waals surface area contributed by atoms with Crippen molar-refractivity contribution in [3.05, 3.63) is 85.1 Å². The Bertz CT molecular complexity index is 2420. The highest BCUT2D eigenvalue weighted by molar-refractivity contribution is 6.30. The van der Waals surface area contributed by atoms with Gasteiger partial charge in [-0.3, -0.25) is 24.2 Å². The summed E-state index contributed by atoms with van der Waals surface area (Å²) in [5.74, 6) is 1.62. The van der Waals surface area contributed by atoms with E-state index in [-0.39, 0.29) is 53.7 Å². The van der Waals surface area contributed by atoms with Crippen molar-refractivity contribution in [2.75, 3.05) is 29.1 Å². The number of hydrogen-bond acceptors (Lipinski definition) is 12. The Morgan fingerprint density at radius 2 is 1.60 bits per heavy atom. The number of rotatable bonds is 17. The monoisotopic (exact) mass is 873 g/mol. The highest BCUT2D eigenvalue weighted by atomic mass is 35.5. The Balaban J connectivity index is 0.865. The summed E-state index contributed by atoms with van der Waals surface area (Å²) >= 11 is 6.07. The third-order valence-corrected chi connectivity index (χ3v) is 13.6. The van der Waals surface area contributed by atoms with Crippen molar-refractivity contribution in [1.29, 1.82) is 0 Å². The third kappa shape index (κ3) is 9.27. The lowest BCUT2D eigenvalue weighted by atomic mass is 9.90. The number of alkyl halides is 3. The van der Waals surface area contributed by atoms with Gasteiger partial charge in [0, 0.05) is 35.1 Å². The summed E-state index contributed by atoms with van der Waals surface area (Å²) < 4.78 is 44.2. The zero-order chi connectivity index (χ0) is 43.2. The van der Waals surface area contributed by atoms with Crippen molar-refractivity contribution in [1.82, 2.24) is 25.6 Å². The third-order valence-electron chi connectivity index (χ3n) is 13.4. The van der Waals surface area contributed by atoms with Crippen LogP contribution in [0.25, 0.3) is 0 Å². The number of fused-ring (bicyclic) bond motifs is 4. The molecule has 326 valence electrons. The molecule has 3 aromatic carbocycles. The zero-order valence-electron chi connectivity index (χ0n) is 33.8. The van der Waals surface area contributed by atoms with Gasteiger partial charge in [0.1, 0.15) is 17.4 Å². The van der Waals surface area contributed by atoms with E-state index in [0.717, 1.165) is 56.9 Å². The molecule has 0 spiro atoms. The molecule has 0 radical (unpaired) electrons. The molecule has 2 amide bonds. The first kappa shape index (κ1) is 41.8. The van der Waals surface area contributed by atoms with Gasteiger partial charge in [-0.25, -0.2) is 0 Å². The predicted molar refractivity (Wildman–Crippen MR) is 227 cm³/mol. The summed E-state index contributed by atoms with van der Waals surface area (Å²) in [6.07, 6.45) is 7.60. The molecule has 5 aliphatic carbocycles. The normalized spacial score (nSPS) is 24.9. The van der Waals surface area contributed by atoms with Gasteiger partial charge in [-0.1, -0.05) is 36.6 Å². The molecule has 5 aliphatic rings. The van der Waals surface area contributed by atoms with Gasteiger partial charge < -0.3 is 31.3 Å². The number of nitrogens with zero attached hydrogens (tertiary/aromatic N) is 4. The fourth-order valence-electron chi connectivity index (χ4n) is 9.98. The van der Waals surface area contributed by atoms with Crippen LogP contribution in [0.4, 0.5) is 42.1 Å². The second-order valence-corrected chi connectivity index (χ2v) is 18.1. The van der Waals surface area contributed by atoms with Crippen LogP contribution in [0.3, 0.4) is 0 Å². The molecule has 9 rings (SSSR count). The van der Waals surface area contributed by atoms with Crippen LogP contribution in [0.2, 0.25) is 5.02 Å². The van der Waals surface area contributed by atoms with Crippen molar-refractivity contribution < 1.29 is 27.5 Å². The maximum Gasteiger partial charge on any atom is 0.422 e. The summed E-state index contributed by atoms with van der Waals surface area (Å²) in [5.41, 5.74) is -0.0435. The molecule has 7 unspecified atom stereocenters. The minimum atomic E-state index is -4.63. The quantitative estimate of drug-likeness (QED) is 0.0546. The zero-order valence-corrected chi connectivity index (χ0v) is 34.5. The van der Waals surface area contributed by atoms with Gasteiger partial charge in [-0.15, -0.1) is 0 Å². The van der Waals surface area contributed by atoms with Crippen LogP contribution in [-0.4, -0.2) is 64.4 Å². The van der Waals surface area contributed by atoms with E-state index in [0.29, 0.717) is 40.3 Å². The number of aromatic nitrogens is 3. The molecule has 4 aromatic rings. The number of carbonyl (C=O) groups excluding carboxylic acids is 2. The maximum atomic E-state index is 13.8. The molecule has 14 nitrogen and oxygen atoms in total. The predicted octanol–water partition coefficient (Wildman–Crippen LogP) is 6.95. The van der Waals surface area contributed by atoms with E-state index in [1.807, 2.05) is 18.3 Å². The summed E-state index contributed by atoms with van der Waals surface area (Å²) in [6.45, 7) is -1.48. The number of aliphatic imine (C=N–C) groups is 1. The number of halogens is 4. The number of anilines is 4. The van der Waals surface area contributed by atoms with E-state index < -0.39 is 47.1 Å². The van der Waals surface area contributed by atoms with Crippen LogP contribution in [0.5, 0.6) is 6.01 Å². The van der Waals surface area contributed by atoms with E-state index >= 15 is 0 Å². The van der Waals surface area contributed by atoms with Crippen molar-refractivity contribution in [2.24, 2.45) is 34.6 Å². The lowest BCUT2D eigenvalue weighted by Gasteiger charge is -2.26. The lowest BCUT2D eigenvalue weighted by molar-refractivity contribution is -0.154. The Morgan fingerprint density at radius 3 is 2.24 bits per heavy atom. The summed E-state index contributed by atoms with van der Waals surface area (Å²) in [6, 6.07) is 11.9. The molecule has 5 saturated carbocycles. The van der Waals surface area contributed by atoms with Crippen molar-refractivity contribution in [3.8, 4) is 6.01 Å². The topological polar surface area (TPSA) is 189 Å². The van der Waals surface area contributed by atoms with Crippen molar-refractivity contribution >= 4 is 58.6 Å². The Kier molecular flexibility index (Phi) is 11.4. The SMILES string of the molecule is O=C(NC(CCNc1c(N=CC2CC3CCC2C3)c(=O)c1=O)C(=O)NC1CC2CCC1C2)c1ccc(Nc2nc(NC3(c4ccc(Cl)cc4)CC3)nc(OCC(F)(F)F)n2)cc1. The molecular formula is C44H47ClF3N9O5. The highest BCUT2D eigenvalue weighted by Crippen LogP contribution is 2.49. The molecule has 7 atom stereocenters. The minimum absolute atomic E-state index is 0.00316. The van der Waals surface area contributed by atoms with Gasteiger partial charge in [-0.05, 0) is 129 Å². The molecule has 1 aromatic heterocycles. The molecule has 5 N–H and O–H groups in total. The largest absolute Gasteiger partial charge is 0.454 e. The lowest BCUT2D eigenvalue weighted by Crippen LogP contribution is -2.51. The van der Waals surface area contributed by atoms with Crippen LogP contribution in [0.1, 0.15) is 86.6 Å². The van der Waals surface area contributed by atoms with Gasteiger partial charge in [0.2, 0.25) is 17.8 Å². The van der Waals surface area contributed by atoms with Crippen molar-refractivity contribution in [3.63, 3.8) is 0 Å². The van der Waals surface area contributed by atoms with Crippen LogP contribution < -0.4 is 42.2 Å². The minimum Gasteiger partial charge on any atom is -0.454 e. The van der Waals surface area contributed by atoms with Gasteiger partial charge in [0.05, 0.1) is 5.54 Å². The molecule has 18 heteroatoms. The molecule has 5 fully saturated rings. The standard InChI is InChI=1S/C44H47ClF3N9O5/c45-30-9-7-29(8-10-30)43(14-15-43)57-41-54-40(55-42(56-41)62-22-44(46,47)48)51-31-11-5-25(6-12-31)38(60)52-32(39(61)53-33-20-24-2-4-27(33)18-24)13-16-49-34-35(37(59)36(34)58)50-21-28-19-23-1-3-26(28)17-23/h5-12,21,23-24,26-28,32-33,49H,1-4,13-20,22H2,(H,52,60)(H,53,61)(H2,51,54,55,56,57). The first-order chi connectivity index (χ1) is 29.8. The van der Waals surface area contributed by atoms with E-state index in [9.17, 15) is 32.3 Å². The maximum absolute atomic E-state index is 13.8. The van der Waals surface area contributed by atoms with Gasteiger partial charge >= 0.3 is 12.2 Å².